The number of carbonyl (C=O) groups is 2. The first-order valence-corrected chi connectivity index (χ1v) is 5.95. The average Bonchev–Trinajstić information content (AvgIpc) is 2.74. The molecule has 0 spiro atoms. The van der Waals surface area contributed by atoms with Crippen LogP contribution in [-0.2, 0) is 16.0 Å². The summed E-state index contributed by atoms with van der Waals surface area (Å²) in [6.07, 6.45) is -0.669. The summed E-state index contributed by atoms with van der Waals surface area (Å²) in [5.41, 5.74) is 0.688. The van der Waals surface area contributed by atoms with E-state index in [1.165, 1.54) is 17.0 Å². The fraction of sp³-hybridized carbons (Fsp3) is 0.385. The molecule has 102 valence electrons. The zero-order valence-electron chi connectivity index (χ0n) is 10.2. The van der Waals surface area contributed by atoms with E-state index in [-0.39, 0.29) is 31.0 Å². The van der Waals surface area contributed by atoms with Crippen molar-refractivity contribution in [2.75, 3.05) is 6.54 Å². The maximum atomic E-state index is 12.0. The first kappa shape index (κ1) is 13.4. The van der Waals surface area contributed by atoms with Crippen molar-refractivity contribution in [3.63, 3.8) is 0 Å². The quantitative estimate of drug-likeness (QED) is 0.713. The van der Waals surface area contributed by atoms with Crippen LogP contribution in [-0.4, -0.2) is 50.8 Å². The lowest BCUT2D eigenvalue weighted by Gasteiger charge is -2.21. The van der Waals surface area contributed by atoms with Gasteiger partial charge < -0.3 is 20.2 Å². The van der Waals surface area contributed by atoms with E-state index in [4.69, 9.17) is 10.2 Å². The molecule has 1 aromatic rings. The van der Waals surface area contributed by atoms with Gasteiger partial charge in [0.05, 0.1) is 12.5 Å². The van der Waals surface area contributed by atoms with Crippen molar-refractivity contribution in [2.24, 2.45) is 0 Å². The number of hydrogen-bond donors (Lipinski definition) is 3. The topological polar surface area (TPSA) is 98.1 Å². The Bertz CT molecular complexity index is 484. The highest BCUT2D eigenvalue weighted by Crippen LogP contribution is 2.20. The highest BCUT2D eigenvalue weighted by atomic mass is 16.4. The van der Waals surface area contributed by atoms with E-state index < -0.39 is 18.1 Å². The Morgan fingerprint density at radius 2 is 1.89 bits per heavy atom. The Labute approximate surface area is 109 Å². The molecule has 1 saturated heterocycles. The van der Waals surface area contributed by atoms with Crippen molar-refractivity contribution in [3.05, 3.63) is 29.8 Å². The number of amides is 1. The summed E-state index contributed by atoms with van der Waals surface area (Å²) in [4.78, 5) is 24.3. The fourth-order valence-corrected chi connectivity index (χ4v) is 2.21. The summed E-state index contributed by atoms with van der Waals surface area (Å²) in [6, 6.07) is 5.19. The molecule has 1 aromatic carbocycles. The van der Waals surface area contributed by atoms with E-state index >= 15 is 0 Å². The van der Waals surface area contributed by atoms with Gasteiger partial charge in [-0.15, -0.1) is 0 Å². The van der Waals surface area contributed by atoms with Gasteiger partial charge in [-0.05, 0) is 17.7 Å². The number of carboxylic acids is 1. The summed E-state index contributed by atoms with van der Waals surface area (Å²) < 4.78 is 0. The number of rotatable bonds is 3. The van der Waals surface area contributed by atoms with Crippen LogP contribution in [0.3, 0.4) is 0 Å². The van der Waals surface area contributed by atoms with Crippen molar-refractivity contribution in [1.29, 1.82) is 0 Å². The minimum atomic E-state index is -1.10. The highest BCUT2D eigenvalue weighted by molar-refractivity contribution is 5.85. The smallest absolute Gasteiger partial charge is 0.326 e. The first-order valence-electron chi connectivity index (χ1n) is 5.95. The van der Waals surface area contributed by atoms with Crippen molar-refractivity contribution >= 4 is 11.9 Å². The maximum Gasteiger partial charge on any atom is 0.326 e. The number of β-amino-alcohol motifs (C(OH)–C–C–N with tert-alkyl or cyclic N) is 1. The molecule has 19 heavy (non-hydrogen) atoms. The second-order valence-corrected chi connectivity index (χ2v) is 4.63. The summed E-state index contributed by atoms with van der Waals surface area (Å²) in [7, 11) is 0. The number of aromatic hydroxyl groups is 1. The molecule has 1 fully saturated rings. The maximum absolute atomic E-state index is 12.0. The molecule has 6 heteroatoms. The van der Waals surface area contributed by atoms with Gasteiger partial charge >= 0.3 is 5.97 Å². The molecule has 0 radical (unpaired) electrons. The Balaban J connectivity index is 2.06. The molecule has 1 amide bonds. The van der Waals surface area contributed by atoms with E-state index in [1.807, 2.05) is 0 Å². The van der Waals surface area contributed by atoms with Gasteiger partial charge in [-0.3, -0.25) is 4.79 Å². The molecule has 3 N–H and O–H groups in total. The Kier molecular flexibility index (Phi) is 3.71. The largest absolute Gasteiger partial charge is 0.508 e. The Hall–Kier alpha value is -2.08. The second-order valence-electron chi connectivity index (χ2n) is 4.63. The number of aliphatic hydroxyl groups is 1. The van der Waals surface area contributed by atoms with E-state index in [2.05, 4.69) is 0 Å². The molecule has 0 aromatic heterocycles. The zero-order chi connectivity index (χ0) is 14.0. The second kappa shape index (κ2) is 5.27. The summed E-state index contributed by atoms with van der Waals surface area (Å²) in [6.45, 7) is 0.0495. The van der Waals surface area contributed by atoms with Crippen molar-refractivity contribution in [1.82, 2.24) is 4.90 Å². The van der Waals surface area contributed by atoms with Gasteiger partial charge in [-0.1, -0.05) is 12.1 Å². The number of likely N-dealkylation sites (tertiary alicyclic amines) is 1. The summed E-state index contributed by atoms with van der Waals surface area (Å²) >= 11 is 0. The van der Waals surface area contributed by atoms with Crippen LogP contribution >= 0.6 is 0 Å². The number of phenols is 1. The lowest BCUT2D eigenvalue weighted by molar-refractivity contribution is -0.148. The number of nitrogens with zero attached hydrogens (tertiary/aromatic N) is 1. The van der Waals surface area contributed by atoms with Crippen molar-refractivity contribution in [3.8, 4) is 5.75 Å². The van der Waals surface area contributed by atoms with Crippen molar-refractivity contribution in [2.45, 2.75) is 25.0 Å². The van der Waals surface area contributed by atoms with E-state index in [1.54, 1.807) is 12.1 Å². The number of phenolic OH excluding ortho intramolecular Hbond substituents is 1. The lowest BCUT2D eigenvalue weighted by Crippen LogP contribution is -2.41. The third-order valence-electron chi connectivity index (χ3n) is 3.18. The predicted octanol–water partition coefficient (Wildman–Crippen LogP) is -0.0189. The van der Waals surface area contributed by atoms with Crippen LogP contribution < -0.4 is 0 Å². The molecule has 1 unspecified atom stereocenters. The normalized spacial score (nSPS) is 22.5. The van der Waals surface area contributed by atoms with Gasteiger partial charge in [-0.2, -0.15) is 0 Å². The SMILES string of the molecule is O=C(O)[C@@H]1CC(O)CN1C(=O)Cc1ccc(O)cc1. The average molecular weight is 265 g/mol. The lowest BCUT2D eigenvalue weighted by atomic mass is 10.1. The zero-order valence-corrected chi connectivity index (χ0v) is 10.2. The molecule has 0 bridgehead atoms. The number of carbonyl (C=O) groups excluding carboxylic acids is 1. The Morgan fingerprint density at radius 1 is 1.26 bits per heavy atom. The van der Waals surface area contributed by atoms with Gasteiger partial charge in [-0.25, -0.2) is 4.79 Å². The number of carboxylic acid groups (broad SMARTS) is 1. The molecule has 1 aliphatic rings. The van der Waals surface area contributed by atoms with Crippen LogP contribution in [0.15, 0.2) is 24.3 Å². The van der Waals surface area contributed by atoms with Gasteiger partial charge in [0, 0.05) is 13.0 Å². The summed E-state index contributed by atoms with van der Waals surface area (Å²) in [5, 5.41) is 27.6. The third-order valence-corrected chi connectivity index (χ3v) is 3.18. The van der Waals surface area contributed by atoms with E-state index in [0.717, 1.165) is 0 Å². The predicted molar refractivity (Wildman–Crippen MR) is 65.6 cm³/mol. The fourth-order valence-electron chi connectivity index (χ4n) is 2.21. The van der Waals surface area contributed by atoms with E-state index in [9.17, 15) is 14.7 Å². The molecule has 0 aliphatic carbocycles. The van der Waals surface area contributed by atoms with E-state index in [0.29, 0.717) is 5.56 Å². The van der Waals surface area contributed by atoms with Gasteiger partial charge in [0.1, 0.15) is 11.8 Å². The minimum Gasteiger partial charge on any atom is -0.508 e. The third kappa shape index (κ3) is 3.03. The molecule has 1 aliphatic heterocycles. The molecule has 2 atom stereocenters. The van der Waals surface area contributed by atoms with Crippen LogP contribution in [0, 0.1) is 0 Å². The Morgan fingerprint density at radius 3 is 2.47 bits per heavy atom. The van der Waals surface area contributed by atoms with Crippen LogP contribution in [0.25, 0.3) is 0 Å². The van der Waals surface area contributed by atoms with Crippen LogP contribution in [0.2, 0.25) is 0 Å². The van der Waals surface area contributed by atoms with Gasteiger partial charge in [0.2, 0.25) is 5.91 Å². The number of benzene rings is 1. The molecule has 2 rings (SSSR count). The molecular weight excluding hydrogens is 250 g/mol. The molecule has 1 heterocycles. The minimum absolute atomic E-state index is 0.0495. The number of aliphatic hydroxyl groups excluding tert-OH is 1. The highest BCUT2D eigenvalue weighted by Gasteiger charge is 2.38. The van der Waals surface area contributed by atoms with Crippen LogP contribution in [0.4, 0.5) is 0 Å². The number of aliphatic carboxylic acids is 1. The van der Waals surface area contributed by atoms with Gasteiger partial charge in [0.15, 0.2) is 0 Å². The standard InChI is InChI=1S/C13H15NO5/c15-9-3-1-8(2-4-9)5-12(17)14-7-10(16)6-11(14)13(18)19/h1-4,10-11,15-16H,5-7H2,(H,18,19)/t10?,11-/m0/s1. The molecular formula is C13H15NO5. The summed E-state index contributed by atoms with van der Waals surface area (Å²) in [5.74, 6) is -1.33. The number of hydrogen-bond acceptors (Lipinski definition) is 4. The molecule has 6 nitrogen and oxygen atoms in total. The van der Waals surface area contributed by atoms with Crippen LogP contribution in [0.1, 0.15) is 12.0 Å². The van der Waals surface area contributed by atoms with Gasteiger partial charge in [0.25, 0.3) is 0 Å². The van der Waals surface area contributed by atoms with Crippen molar-refractivity contribution < 1.29 is 24.9 Å². The molecule has 0 saturated carbocycles. The monoisotopic (exact) mass is 265 g/mol. The van der Waals surface area contributed by atoms with Crippen LogP contribution in [0.5, 0.6) is 5.75 Å². The first-order chi connectivity index (χ1) is 8.97.